The van der Waals surface area contributed by atoms with Gasteiger partial charge >= 0.3 is 0 Å². The number of rotatable bonds is 3. The van der Waals surface area contributed by atoms with Gasteiger partial charge in [-0.05, 0) is 42.0 Å². The topological polar surface area (TPSA) is 12.9 Å². The summed E-state index contributed by atoms with van der Waals surface area (Å²) in [6.07, 6.45) is 3.92. The van der Waals surface area contributed by atoms with Crippen molar-refractivity contribution in [1.29, 1.82) is 0 Å². The summed E-state index contributed by atoms with van der Waals surface area (Å²) >= 11 is 0. The van der Waals surface area contributed by atoms with Crippen LogP contribution in [0.3, 0.4) is 0 Å². The van der Waals surface area contributed by atoms with E-state index >= 15 is 0 Å². The van der Waals surface area contributed by atoms with Crippen LogP contribution < -0.4 is 0 Å². The molecule has 19 heavy (non-hydrogen) atoms. The first-order valence-corrected chi connectivity index (χ1v) is 6.65. The fourth-order valence-electron chi connectivity index (χ4n) is 1.91. The molecule has 0 N–H and O–H groups in total. The average molecular weight is 257 g/mol. The summed E-state index contributed by atoms with van der Waals surface area (Å²) in [4.78, 5) is 4.47. The molecule has 0 aliphatic carbocycles. The standard InChI is InChI=1S/C17H20FN/c1-17(2,3)10-9-16-8-7-14(12-19-16)13-5-4-6-15(18)11-13/h4-8,11-12H,9-10H2,1-3H3. The van der Waals surface area contributed by atoms with Crippen molar-refractivity contribution in [2.24, 2.45) is 5.41 Å². The molecule has 2 rings (SSSR count). The zero-order valence-electron chi connectivity index (χ0n) is 11.8. The quantitative estimate of drug-likeness (QED) is 0.764. The minimum absolute atomic E-state index is 0.214. The second-order valence-corrected chi connectivity index (χ2v) is 6.11. The van der Waals surface area contributed by atoms with Gasteiger partial charge in [0.1, 0.15) is 5.82 Å². The third-order valence-electron chi connectivity index (χ3n) is 3.11. The Morgan fingerprint density at radius 3 is 2.42 bits per heavy atom. The summed E-state index contributed by atoms with van der Waals surface area (Å²) in [6, 6.07) is 10.7. The first kappa shape index (κ1) is 13.7. The van der Waals surface area contributed by atoms with E-state index in [0.29, 0.717) is 5.41 Å². The summed E-state index contributed by atoms with van der Waals surface area (Å²) < 4.78 is 13.2. The Kier molecular flexibility index (Phi) is 3.98. The van der Waals surface area contributed by atoms with E-state index in [1.54, 1.807) is 6.07 Å². The van der Waals surface area contributed by atoms with Crippen LogP contribution >= 0.6 is 0 Å². The van der Waals surface area contributed by atoms with E-state index in [0.717, 1.165) is 29.7 Å². The largest absolute Gasteiger partial charge is 0.261 e. The van der Waals surface area contributed by atoms with Gasteiger partial charge in [-0.1, -0.05) is 39.0 Å². The molecule has 0 amide bonds. The van der Waals surface area contributed by atoms with Gasteiger partial charge < -0.3 is 0 Å². The molecule has 2 aromatic rings. The number of nitrogens with zero attached hydrogens (tertiary/aromatic N) is 1. The highest BCUT2D eigenvalue weighted by Crippen LogP contribution is 2.23. The van der Waals surface area contributed by atoms with Crippen LogP contribution in [0.25, 0.3) is 11.1 Å². The lowest BCUT2D eigenvalue weighted by atomic mass is 9.90. The molecule has 1 aromatic heterocycles. The van der Waals surface area contributed by atoms with Gasteiger partial charge in [0.25, 0.3) is 0 Å². The lowest BCUT2D eigenvalue weighted by molar-refractivity contribution is 0.376. The van der Waals surface area contributed by atoms with E-state index in [4.69, 9.17) is 0 Å². The Labute approximate surface area is 114 Å². The maximum absolute atomic E-state index is 13.2. The van der Waals surface area contributed by atoms with Crippen molar-refractivity contribution in [3.8, 4) is 11.1 Å². The van der Waals surface area contributed by atoms with Crippen LogP contribution in [-0.2, 0) is 6.42 Å². The Morgan fingerprint density at radius 2 is 1.84 bits per heavy atom. The predicted molar refractivity (Wildman–Crippen MR) is 77.4 cm³/mol. The van der Waals surface area contributed by atoms with Crippen LogP contribution in [0.4, 0.5) is 4.39 Å². The van der Waals surface area contributed by atoms with Crippen LogP contribution in [-0.4, -0.2) is 4.98 Å². The number of hydrogen-bond donors (Lipinski definition) is 0. The normalized spacial score (nSPS) is 11.6. The first-order chi connectivity index (χ1) is 8.94. The lowest BCUT2D eigenvalue weighted by Crippen LogP contribution is -2.07. The van der Waals surface area contributed by atoms with Gasteiger partial charge in [0, 0.05) is 17.5 Å². The molecule has 0 aliphatic heterocycles. The van der Waals surface area contributed by atoms with E-state index in [9.17, 15) is 4.39 Å². The minimum atomic E-state index is -0.214. The highest BCUT2D eigenvalue weighted by atomic mass is 19.1. The molecule has 0 unspecified atom stereocenters. The maximum atomic E-state index is 13.2. The number of aryl methyl sites for hydroxylation is 1. The van der Waals surface area contributed by atoms with Crippen molar-refractivity contribution < 1.29 is 4.39 Å². The van der Waals surface area contributed by atoms with E-state index < -0.39 is 0 Å². The van der Waals surface area contributed by atoms with E-state index in [2.05, 4.69) is 25.8 Å². The molecule has 100 valence electrons. The average Bonchev–Trinajstić information content (AvgIpc) is 2.36. The van der Waals surface area contributed by atoms with Crippen molar-refractivity contribution in [2.75, 3.05) is 0 Å². The molecule has 0 radical (unpaired) electrons. The zero-order chi connectivity index (χ0) is 13.9. The van der Waals surface area contributed by atoms with Crippen molar-refractivity contribution in [2.45, 2.75) is 33.6 Å². The Hall–Kier alpha value is -1.70. The monoisotopic (exact) mass is 257 g/mol. The fourth-order valence-corrected chi connectivity index (χ4v) is 1.91. The summed E-state index contributed by atoms with van der Waals surface area (Å²) in [7, 11) is 0. The van der Waals surface area contributed by atoms with Crippen molar-refractivity contribution in [3.05, 3.63) is 54.1 Å². The van der Waals surface area contributed by atoms with Gasteiger partial charge in [-0.15, -0.1) is 0 Å². The van der Waals surface area contributed by atoms with Gasteiger partial charge in [-0.3, -0.25) is 4.98 Å². The third kappa shape index (κ3) is 4.16. The molecule has 0 saturated carbocycles. The molecule has 0 aliphatic rings. The predicted octanol–water partition coefficient (Wildman–Crippen LogP) is 4.87. The number of aromatic nitrogens is 1. The first-order valence-electron chi connectivity index (χ1n) is 6.65. The van der Waals surface area contributed by atoms with Gasteiger partial charge in [0.05, 0.1) is 0 Å². The van der Waals surface area contributed by atoms with E-state index in [1.165, 1.54) is 12.1 Å². The summed E-state index contributed by atoms with van der Waals surface area (Å²) in [5, 5.41) is 0. The molecular weight excluding hydrogens is 237 g/mol. The van der Waals surface area contributed by atoms with Gasteiger partial charge in [0.15, 0.2) is 0 Å². The van der Waals surface area contributed by atoms with Gasteiger partial charge in [0.2, 0.25) is 0 Å². The molecule has 1 heterocycles. The zero-order valence-corrected chi connectivity index (χ0v) is 11.8. The third-order valence-corrected chi connectivity index (χ3v) is 3.11. The van der Waals surface area contributed by atoms with Gasteiger partial charge in [-0.2, -0.15) is 0 Å². The SMILES string of the molecule is CC(C)(C)CCc1ccc(-c2cccc(F)c2)cn1. The molecule has 0 saturated heterocycles. The summed E-state index contributed by atoms with van der Waals surface area (Å²) in [5.74, 6) is -0.214. The fraction of sp³-hybridized carbons (Fsp3) is 0.353. The lowest BCUT2D eigenvalue weighted by Gasteiger charge is -2.17. The number of halogens is 1. The summed E-state index contributed by atoms with van der Waals surface area (Å²) in [6.45, 7) is 6.69. The maximum Gasteiger partial charge on any atom is 0.123 e. The molecule has 2 heteroatoms. The molecule has 0 fully saturated rings. The summed E-state index contributed by atoms with van der Waals surface area (Å²) in [5.41, 5.74) is 3.24. The number of hydrogen-bond acceptors (Lipinski definition) is 1. The Balaban J connectivity index is 2.10. The molecule has 1 nitrogen and oxygen atoms in total. The van der Waals surface area contributed by atoms with Crippen LogP contribution in [0, 0.1) is 11.2 Å². The highest BCUT2D eigenvalue weighted by molar-refractivity contribution is 5.62. The van der Waals surface area contributed by atoms with E-state index in [-0.39, 0.29) is 5.82 Å². The minimum Gasteiger partial charge on any atom is -0.261 e. The second-order valence-electron chi connectivity index (χ2n) is 6.11. The molecule has 1 aromatic carbocycles. The van der Waals surface area contributed by atoms with E-state index in [1.807, 2.05) is 24.4 Å². The van der Waals surface area contributed by atoms with Crippen molar-refractivity contribution in [3.63, 3.8) is 0 Å². The smallest absolute Gasteiger partial charge is 0.123 e. The number of pyridine rings is 1. The second kappa shape index (κ2) is 5.52. The van der Waals surface area contributed by atoms with Crippen molar-refractivity contribution >= 4 is 0 Å². The Morgan fingerprint density at radius 1 is 1.05 bits per heavy atom. The van der Waals surface area contributed by atoms with Crippen molar-refractivity contribution in [1.82, 2.24) is 4.98 Å². The van der Waals surface area contributed by atoms with Crippen LogP contribution in [0.1, 0.15) is 32.9 Å². The van der Waals surface area contributed by atoms with Gasteiger partial charge in [-0.25, -0.2) is 4.39 Å². The number of benzene rings is 1. The van der Waals surface area contributed by atoms with Crippen LogP contribution in [0.5, 0.6) is 0 Å². The molecular formula is C17H20FN. The molecule has 0 spiro atoms. The Bertz CT molecular complexity index is 538. The highest BCUT2D eigenvalue weighted by Gasteiger charge is 2.10. The van der Waals surface area contributed by atoms with Crippen LogP contribution in [0.15, 0.2) is 42.6 Å². The molecule has 0 atom stereocenters. The molecule has 0 bridgehead atoms. The van der Waals surface area contributed by atoms with Crippen LogP contribution in [0.2, 0.25) is 0 Å².